The number of carbonyl (C=O) groups excluding carboxylic acids is 1. The molecule has 4 aromatic rings. The van der Waals surface area contributed by atoms with Gasteiger partial charge in [-0.1, -0.05) is 24.3 Å². The van der Waals surface area contributed by atoms with Crippen molar-refractivity contribution in [3.05, 3.63) is 94.3 Å². The first-order chi connectivity index (χ1) is 17.1. The van der Waals surface area contributed by atoms with E-state index in [1.54, 1.807) is 18.2 Å². The van der Waals surface area contributed by atoms with E-state index in [1.807, 2.05) is 0 Å². The van der Waals surface area contributed by atoms with Crippen molar-refractivity contribution in [2.24, 2.45) is 0 Å². The summed E-state index contributed by atoms with van der Waals surface area (Å²) >= 11 is 0. The Labute approximate surface area is 201 Å². The standard InChI is InChI=1S/C25H17F3N2O6/c1-35-20-8-4-5-9-21(20)36-19-11-10-14(25(26,27)28)12-17(19)29-24(34)30-13-16(23(32)33)22(31)15-6-2-3-7-18(15)30/h2-13H,1H3,(H,29,34)(H,32,33). The Morgan fingerprint density at radius 1 is 0.944 bits per heavy atom. The Morgan fingerprint density at radius 2 is 1.61 bits per heavy atom. The lowest BCUT2D eigenvalue weighted by Gasteiger charge is -2.17. The molecule has 0 fully saturated rings. The normalized spacial score (nSPS) is 11.2. The molecule has 1 aromatic heterocycles. The molecule has 0 aliphatic carbocycles. The topological polar surface area (TPSA) is 107 Å². The van der Waals surface area contributed by atoms with Crippen LogP contribution in [-0.4, -0.2) is 28.8 Å². The quantitative estimate of drug-likeness (QED) is 0.371. The Bertz CT molecular complexity index is 1550. The van der Waals surface area contributed by atoms with Crippen molar-refractivity contribution in [2.45, 2.75) is 6.18 Å². The zero-order valence-corrected chi connectivity index (χ0v) is 18.5. The molecule has 36 heavy (non-hydrogen) atoms. The molecule has 1 heterocycles. The fourth-order valence-corrected chi connectivity index (χ4v) is 3.49. The second-order valence-corrected chi connectivity index (χ2v) is 7.46. The number of pyridine rings is 1. The molecule has 2 N–H and O–H groups in total. The number of aromatic carboxylic acids is 1. The number of amides is 1. The number of alkyl halides is 3. The Hall–Kier alpha value is -4.80. The van der Waals surface area contributed by atoms with Gasteiger partial charge < -0.3 is 19.9 Å². The van der Waals surface area contributed by atoms with Crippen molar-refractivity contribution in [3.8, 4) is 17.2 Å². The number of aromatic nitrogens is 1. The highest BCUT2D eigenvalue weighted by Crippen LogP contribution is 2.39. The SMILES string of the molecule is COc1ccccc1Oc1ccc(C(F)(F)F)cc1NC(=O)n1cc(C(=O)O)c(=O)c2ccccc21. The van der Waals surface area contributed by atoms with E-state index >= 15 is 0 Å². The van der Waals surface area contributed by atoms with Crippen LogP contribution in [0.1, 0.15) is 15.9 Å². The smallest absolute Gasteiger partial charge is 0.416 e. The molecule has 0 saturated carbocycles. The number of benzene rings is 3. The molecule has 1 amide bonds. The van der Waals surface area contributed by atoms with E-state index in [4.69, 9.17) is 9.47 Å². The Balaban J connectivity index is 1.82. The fourth-order valence-electron chi connectivity index (χ4n) is 3.49. The van der Waals surface area contributed by atoms with Crippen LogP contribution in [0.5, 0.6) is 17.2 Å². The van der Waals surface area contributed by atoms with Gasteiger partial charge in [0.1, 0.15) is 5.56 Å². The number of para-hydroxylation sites is 3. The average Bonchev–Trinajstić information content (AvgIpc) is 2.84. The van der Waals surface area contributed by atoms with Crippen molar-refractivity contribution >= 4 is 28.6 Å². The van der Waals surface area contributed by atoms with Gasteiger partial charge in [0, 0.05) is 11.6 Å². The van der Waals surface area contributed by atoms with Gasteiger partial charge in [0.2, 0.25) is 5.43 Å². The zero-order valence-electron chi connectivity index (χ0n) is 18.5. The van der Waals surface area contributed by atoms with Crippen molar-refractivity contribution < 1.29 is 37.3 Å². The van der Waals surface area contributed by atoms with Crippen LogP contribution < -0.4 is 20.2 Å². The summed E-state index contributed by atoms with van der Waals surface area (Å²) in [4.78, 5) is 37.3. The summed E-state index contributed by atoms with van der Waals surface area (Å²) in [5.74, 6) is -1.22. The number of halogens is 3. The molecule has 0 radical (unpaired) electrons. The molecule has 0 spiro atoms. The average molecular weight is 498 g/mol. The summed E-state index contributed by atoms with van der Waals surface area (Å²) < 4.78 is 52.0. The first-order valence-electron chi connectivity index (χ1n) is 10.3. The van der Waals surface area contributed by atoms with E-state index in [9.17, 15) is 32.7 Å². The fraction of sp³-hybridized carbons (Fsp3) is 0.0800. The minimum atomic E-state index is -4.72. The summed E-state index contributed by atoms with van der Waals surface area (Å²) in [5, 5.41) is 11.7. The van der Waals surface area contributed by atoms with Crippen LogP contribution in [-0.2, 0) is 6.18 Å². The molecule has 0 aliphatic heterocycles. The van der Waals surface area contributed by atoms with E-state index < -0.39 is 34.7 Å². The predicted octanol–water partition coefficient (Wildman–Crippen LogP) is 5.60. The van der Waals surface area contributed by atoms with Gasteiger partial charge in [0.05, 0.1) is 23.9 Å². The predicted molar refractivity (Wildman–Crippen MR) is 124 cm³/mol. The highest BCUT2D eigenvalue weighted by molar-refractivity contribution is 6.01. The number of fused-ring (bicyclic) bond motifs is 1. The third kappa shape index (κ3) is 4.71. The third-order valence-corrected chi connectivity index (χ3v) is 5.20. The Kier molecular flexibility index (Phi) is 6.39. The minimum Gasteiger partial charge on any atom is -0.493 e. The first-order valence-corrected chi connectivity index (χ1v) is 10.3. The first kappa shape index (κ1) is 24.3. The molecule has 0 atom stereocenters. The molecule has 3 aromatic carbocycles. The van der Waals surface area contributed by atoms with Gasteiger partial charge in [-0.2, -0.15) is 13.2 Å². The van der Waals surface area contributed by atoms with Gasteiger partial charge in [0.15, 0.2) is 17.2 Å². The largest absolute Gasteiger partial charge is 0.493 e. The molecule has 0 bridgehead atoms. The number of hydrogen-bond donors (Lipinski definition) is 2. The summed E-state index contributed by atoms with van der Waals surface area (Å²) in [6.07, 6.45) is -3.90. The minimum absolute atomic E-state index is 0.0536. The van der Waals surface area contributed by atoms with E-state index in [-0.39, 0.29) is 28.1 Å². The highest BCUT2D eigenvalue weighted by atomic mass is 19.4. The maximum Gasteiger partial charge on any atom is 0.416 e. The van der Waals surface area contributed by atoms with Crippen LogP contribution in [0.4, 0.5) is 23.7 Å². The van der Waals surface area contributed by atoms with Crippen LogP contribution in [0, 0.1) is 0 Å². The second kappa shape index (κ2) is 9.45. The van der Waals surface area contributed by atoms with Gasteiger partial charge in [-0.05, 0) is 42.5 Å². The van der Waals surface area contributed by atoms with E-state index in [1.165, 1.54) is 37.4 Å². The monoisotopic (exact) mass is 498 g/mol. The number of methoxy groups -OCH3 is 1. The van der Waals surface area contributed by atoms with Crippen LogP contribution in [0.25, 0.3) is 10.9 Å². The summed E-state index contributed by atoms with van der Waals surface area (Å²) in [5.41, 5.74) is -2.83. The molecule has 4 rings (SSSR count). The van der Waals surface area contributed by atoms with Crippen molar-refractivity contribution in [2.75, 3.05) is 12.4 Å². The van der Waals surface area contributed by atoms with Crippen molar-refractivity contribution in [1.82, 2.24) is 4.57 Å². The van der Waals surface area contributed by atoms with Gasteiger partial charge in [-0.25, -0.2) is 9.59 Å². The number of ether oxygens (including phenoxy) is 2. The summed E-state index contributed by atoms with van der Waals surface area (Å²) in [6, 6.07) is 13.7. The van der Waals surface area contributed by atoms with E-state index in [0.29, 0.717) is 11.8 Å². The van der Waals surface area contributed by atoms with Gasteiger partial charge in [0.25, 0.3) is 0 Å². The molecule has 184 valence electrons. The van der Waals surface area contributed by atoms with Crippen molar-refractivity contribution in [3.63, 3.8) is 0 Å². The molecular weight excluding hydrogens is 481 g/mol. The lowest BCUT2D eigenvalue weighted by molar-refractivity contribution is -0.137. The number of anilines is 1. The molecule has 0 saturated heterocycles. The number of carboxylic acid groups (broad SMARTS) is 1. The number of carbonyl (C=O) groups is 2. The van der Waals surface area contributed by atoms with Crippen LogP contribution in [0.3, 0.4) is 0 Å². The molecule has 11 heteroatoms. The summed E-state index contributed by atoms with van der Waals surface area (Å²) in [6.45, 7) is 0. The van der Waals surface area contributed by atoms with Gasteiger partial charge >= 0.3 is 18.2 Å². The second-order valence-electron chi connectivity index (χ2n) is 7.46. The highest BCUT2D eigenvalue weighted by Gasteiger charge is 2.32. The molecule has 0 unspecified atom stereocenters. The molecule has 0 aliphatic rings. The van der Waals surface area contributed by atoms with Crippen molar-refractivity contribution in [1.29, 1.82) is 0 Å². The lowest BCUT2D eigenvalue weighted by Crippen LogP contribution is -2.26. The maximum absolute atomic E-state index is 13.4. The van der Waals surface area contributed by atoms with E-state index in [0.717, 1.165) is 22.9 Å². The van der Waals surface area contributed by atoms with Crippen LogP contribution in [0.15, 0.2) is 77.7 Å². The maximum atomic E-state index is 13.4. The molecular formula is C25H17F3N2O6. The van der Waals surface area contributed by atoms with Crippen LogP contribution in [0.2, 0.25) is 0 Å². The summed E-state index contributed by atoms with van der Waals surface area (Å²) in [7, 11) is 1.39. The zero-order chi connectivity index (χ0) is 26.0. The van der Waals surface area contributed by atoms with E-state index in [2.05, 4.69) is 5.32 Å². The number of rotatable bonds is 5. The van der Waals surface area contributed by atoms with Crippen LogP contribution >= 0.6 is 0 Å². The number of carboxylic acids is 1. The van der Waals surface area contributed by atoms with Gasteiger partial charge in [-0.15, -0.1) is 0 Å². The lowest BCUT2D eigenvalue weighted by atomic mass is 10.1. The number of nitrogens with one attached hydrogen (secondary N) is 1. The number of nitrogens with zero attached hydrogens (tertiary/aromatic N) is 1. The Morgan fingerprint density at radius 3 is 2.28 bits per heavy atom. The third-order valence-electron chi connectivity index (χ3n) is 5.20. The van der Waals surface area contributed by atoms with Gasteiger partial charge in [-0.3, -0.25) is 9.36 Å². The number of hydrogen-bond acceptors (Lipinski definition) is 5. The molecule has 8 nitrogen and oxygen atoms in total.